The molecule has 26 heavy (non-hydrogen) atoms. The Bertz CT molecular complexity index is 979. The van der Waals surface area contributed by atoms with Crippen molar-refractivity contribution in [1.29, 1.82) is 0 Å². The van der Waals surface area contributed by atoms with Crippen LogP contribution in [0.5, 0.6) is 0 Å². The zero-order valence-corrected chi connectivity index (χ0v) is 14.9. The molecule has 0 saturated carbocycles. The van der Waals surface area contributed by atoms with Gasteiger partial charge in [0.05, 0.1) is 25.1 Å². The highest BCUT2D eigenvalue weighted by atomic mass is 32.1. The Morgan fingerprint density at radius 1 is 1.15 bits per heavy atom. The lowest BCUT2D eigenvalue weighted by atomic mass is 10.1. The van der Waals surface area contributed by atoms with E-state index in [1.807, 2.05) is 0 Å². The Labute approximate surface area is 153 Å². The summed E-state index contributed by atoms with van der Waals surface area (Å²) in [5.74, 6) is -0.688. The van der Waals surface area contributed by atoms with Crippen molar-refractivity contribution in [3.8, 4) is 11.3 Å². The van der Waals surface area contributed by atoms with Crippen molar-refractivity contribution in [1.82, 2.24) is 4.68 Å². The van der Waals surface area contributed by atoms with E-state index in [0.717, 1.165) is 0 Å². The normalized spacial score (nSPS) is 12.2. The van der Waals surface area contributed by atoms with Crippen LogP contribution in [0.2, 0.25) is 0 Å². The van der Waals surface area contributed by atoms with Gasteiger partial charge in [-0.1, -0.05) is 24.3 Å². The van der Waals surface area contributed by atoms with Crippen molar-refractivity contribution < 1.29 is 13.5 Å². The fraction of sp³-hybridized carbons (Fsp3) is 0.158. The quantitative estimate of drug-likeness (QED) is 0.477. The van der Waals surface area contributed by atoms with Gasteiger partial charge in [0.2, 0.25) is 4.80 Å². The van der Waals surface area contributed by atoms with Gasteiger partial charge in [0.15, 0.2) is 0 Å². The molecule has 7 heteroatoms. The molecule has 0 amide bonds. The molecule has 0 aliphatic rings. The van der Waals surface area contributed by atoms with Gasteiger partial charge in [-0.2, -0.15) is 5.10 Å². The zero-order chi connectivity index (χ0) is 18.4. The van der Waals surface area contributed by atoms with Gasteiger partial charge in [0.25, 0.3) is 0 Å². The Morgan fingerprint density at radius 2 is 2.00 bits per heavy atom. The van der Waals surface area contributed by atoms with Gasteiger partial charge in [-0.3, -0.25) is 4.99 Å². The number of rotatable bonds is 6. The predicted octanol–water partition coefficient (Wildman–Crippen LogP) is 3.92. The van der Waals surface area contributed by atoms with Gasteiger partial charge in [-0.25, -0.2) is 13.5 Å². The molecule has 1 heterocycles. The van der Waals surface area contributed by atoms with E-state index in [-0.39, 0.29) is 11.6 Å². The van der Waals surface area contributed by atoms with E-state index in [0.29, 0.717) is 34.8 Å². The zero-order valence-electron chi connectivity index (χ0n) is 14.1. The van der Waals surface area contributed by atoms with Crippen LogP contribution in [-0.2, 0) is 4.74 Å². The molecular weight excluding hydrogens is 356 g/mol. The van der Waals surface area contributed by atoms with Crippen LogP contribution in [0.25, 0.3) is 11.3 Å². The Kier molecular flexibility index (Phi) is 6.04. The van der Waals surface area contributed by atoms with Gasteiger partial charge in [0.1, 0.15) is 11.6 Å². The summed E-state index contributed by atoms with van der Waals surface area (Å²) in [6.45, 7) is 0.934. The summed E-state index contributed by atoms with van der Waals surface area (Å²) in [4.78, 5) is 5.05. The number of nitrogens with zero attached hydrogens (tertiary/aromatic N) is 3. The number of aromatic nitrogens is 1. The predicted molar refractivity (Wildman–Crippen MR) is 99.4 cm³/mol. The highest BCUT2D eigenvalue weighted by molar-refractivity contribution is 7.07. The van der Waals surface area contributed by atoms with Gasteiger partial charge >= 0.3 is 0 Å². The first kappa shape index (κ1) is 18.2. The summed E-state index contributed by atoms with van der Waals surface area (Å²) >= 11 is 1.35. The average Bonchev–Trinajstić information content (AvgIpc) is 3.03. The van der Waals surface area contributed by atoms with E-state index < -0.39 is 0 Å². The second kappa shape index (κ2) is 8.64. The highest BCUT2D eigenvalue weighted by Crippen LogP contribution is 2.23. The van der Waals surface area contributed by atoms with Crippen molar-refractivity contribution in [3.05, 3.63) is 75.9 Å². The molecular formula is C19H17F2N3OS. The highest BCUT2D eigenvalue weighted by Gasteiger charge is 2.11. The molecule has 0 unspecified atom stereocenters. The molecule has 0 aliphatic carbocycles. The lowest BCUT2D eigenvalue weighted by Crippen LogP contribution is -2.14. The molecule has 1 aromatic heterocycles. The van der Waals surface area contributed by atoms with Crippen LogP contribution in [0.1, 0.15) is 5.56 Å². The number of ether oxygens (including phenoxy) is 1. The lowest BCUT2D eigenvalue weighted by Gasteiger charge is -2.05. The van der Waals surface area contributed by atoms with Crippen molar-refractivity contribution >= 4 is 17.6 Å². The number of hydrogen-bond acceptors (Lipinski definition) is 4. The standard InChI is InChI=1S/C19H17F2N3OS/c1-25-10-9-22-19-24(23-12-14-5-4-6-15(20)11-14)18(13-26-19)16-7-2-3-8-17(16)21/h2-8,11-13H,9-10H2,1H3/b22-19?,23-12-. The van der Waals surface area contributed by atoms with Crippen LogP contribution in [0, 0.1) is 11.6 Å². The van der Waals surface area contributed by atoms with Crippen LogP contribution in [0.15, 0.2) is 64.0 Å². The minimum atomic E-state index is -0.344. The molecule has 0 atom stereocenters. The third-order valence-electron chi connectivity index (χ3n) is 3.55. The molecule has 0 spiro atoms. The molecule has 3 rings (SSSR count). The Hall–Kier alpha value is -2.64. The summed E-state index contributed by atoms with van der Waals surface area (Å²) in [5.41, 5.74) is 1.61. The molecule has 2 aromatic carbocycles. The van der Waals surface area contributed by atoms with Gasteiger partial charge < -0.3 is 4.74 Å². The smallest absolute Gasteiger partial charge is 0.206 e. The summed E-state index contributed by atoms with van der Waals surface area (Å²) in [5, 5.41) is 6.21. The van der Waals surface area contributed by atoms with E-state index in [2.05, 4.69) is 10.1 Å². The first-order chi connectivity index (χ1) is 12.7. The molecule has 0 fully saturated rings. The molecule has 0 aliphatic heterocycles. The van der Waals surface area contributed by atoms with E-state index in [9.17, 15) is 8.78 Å². The van der Waals surface area contributed by atoms with Crippen LogP contribution >= 0.6 is 11.3 Å². The van der Waals surface area contributed by atoms with Gasteiger partial charge in [-0.05, 0) is 29.8 Å². The van der Waals surface area contributed by atoms with Crippen LogP contribution < -0.4 is 4.80 Å². The number of thiazole rings is 1. The maximum atomic E-state index is 14.2. The van der Waals surface area contributed by atoms with Crippen molar-refractivity contribution in [2.75, 3.05) is 20.3 Å². The Balaban J connectivity index is 2.06. The SMILES string of the molecule is COCCN=c1scc(-c2ccccc2F)n1/N=C\c1cccc(F)c1. The van der Waals surface area contributed by atoms with Crippen molar-refractivity contribution in [2.24, 2.45) is 10.1 Å². The number of halogens is 2. The van der Waals surface area contributed by atoms with Crippen LogP contribution in [0.3, 0.4) is 0 Å². The molecule has 0 N–H and O–H groups in total. The molecule has 3 aromatic rings. The number of benzene rings is 2. The molecule has 4 nitrogen and oxygen atoms in total. The van der Waals surface area contributed by atoms with Gasteiger partial charge in [-0.15, -0.1) is 11.3 Å². The molecule has 134 valence electrons. The van der Waals surface area contributed by atoms with E-state index in [4.69, 9.17) is 4.74 Å². The maximum absolute atomic E-state index is 14.2. The fourth-order valence-electron chi connectivity index (χ4n) is 2.32. The number of hydrogen-bond donors (Lipinski definition) is 0. The summed E-state index contributed by atoms with van der Waals surface area (Å²) < 4.78 is 34.2. The fourth-order valence-corrected chi connectivity index (χ4v) is 3.17. The second-order valence-corrected chi connectivity index (χ2v) is 6.21. The Morgan fingerprint density at radius 3 is 2.77 bits per heavy atom. The van der Waals surface area contributed by atoms with E-state index >= 15 is 0 Å². The van der Waals surface area contributed by atoms with Crippen molar-refractivity contribution in [3.63, 3.8) is 0 Å². The first-order valence-electron chi connectivity index (χ1n) is 7.94. The van der Waals surface area contributed by atoms with Crippen LogP contribution in [-0.4, -0.2) is 31.2 Å². The van der Waals surface area contributed by atoms with Crippen molar-refractivity contribution in [2.45, 2.75) is 0 Å². The largest absolute Gasteiger partial charge is 0.383 e. The third kappa shape index (κ3) is 4.30. The lowest BCUT2D eigenvalue weighted by molar-refractivity contribution is 0.207. The van der Waals surface area contributed by atoms with E-state index in [1.54, 1.807) is 47.5 Å². The molecule has 0 bridgehead atoms. The summed E-state index contributed by atoms with van der Waals surface area (Å²) in [7, 11) is 1.60. The monoisotopic (exact) mass is 373 g/mol. The summed E-state index contributed by atoms with van der Waals surface area (Å²) in [6.07, 6.45) is 1.52. The first-order valence-corrected chi connectivity index (χ1v) is 8.82. The van der Waals surface area contributed by atoms with E-state index in [1.165, 1.54) is 35.8 Å². The van der Waals surface area contributed by atoms with Gasteiger partial charge in [0, 0.05) is 18.1 Å². The topological polar surface area (TPSA) is 38.9 Å². The molecule has 0 radical (unpaired) electrons. The average molecular weight is 373 g/mol. The maximum Gasteiger partial charge on any atom is 0.206 e. The molecule has 0 saturated heterocycles. The second-order valence-electron chi connectivity index (χ2n) is 5.37. The summed E-state index contributed by atoms with van der Waals surface area (Å²) in [6, 6.07) is 12.6. The minimum absolute atomic E-state index is 0.344. The van der Waals surface area contributed by atoms with Crippen LogP contribution in [0.4, 0.5) is 8.78 Å². The minimum Gasteiger partial charge on any atom is -0.383 e. The number of methoxy groups -OCH3 is 1. The third-order valence-corrected chi connectivity index (χ3v) is 4.40.